The molecule has 0 spiro atoms. The van der Waals surface area contributed by atoms with E-state index in [1.807, 2.05) is 85.0 Å². The number of carbonyl (C=O) groups excluding carboxylic acids is 1. The molecule has 5 nitrogen and oxygen atoms in total. The fourth-order valence-corrected chi connectivity index (χ4v) is 2.60. The molecule has 3 rings (SSSR count). The van der Waals surface area contributed by atoms with Crippen molar-refractivity contribution in [3.8, 4) is 11.5 Å². The van der Waals surface area contributed by atoms with E-state index in [0.29, 0.717) is 11.5 Å². The second-order valence-corrected chi connectivity index (χ2v) is 6.52. The quantitative estimate of drug-likeness (QED) is 0.399. The predicted octanol–water partition coefficient (Wildman–Crippen LogP) is 4.97. The Labute approximate surface area is 182 Å². The monoisotopic (exact) mass is 412 g/mol. The first kappa shape index (κ1) is 21.6. The van der Waals surface area contributed by atoms with Crippen LogP contribution in [0, 0.1) is 0 Å². The van der Waals surface area contributed by atoms with Gasteiger partial charge < -0.3 is 9.47 Å². The Morgan fingerprint density at radius 3 is 1.84 bits per heavy atom. The Bertz CT molecular complexity index is 990. The molecule has 0 aromatic heterocycles. The number of ether oxygens (including phenoxy) is 2. The number of carbonyl (C=O) groups is 1. The number of hydrogen-bond donors (Lipinski definition) is 1. The van der Waals surface area contributed by atoms with Gasteiger partial charge in [-0.15, -0.1) is 0 Å². The van der Waals surface area contributed by atoms with Crippen molar-refractivity contribution in [2.75, 3.05) is 13.7 Å². The number of hydrazone groups is 1. The molecule has 0 bridgehead atoms. The first-order valence-corrected chi connectivity index (χ1v) is 9.82. The van der Waals surface area contributed by atoms with Crippen molar-refractivity contribution in [3.63, 3.8) is 0 Å². The van der Waals surface area contributed by atoms with E-state index in [-0.39, 0.29) is 12.5 Å². The number of amides is 1. The molecular formula is C26H24N2O3. The zero-order valence-corrected chi connectivity index (χ0v) is 17.3. The summed E-state index contributed by atoms with van der Waals surface area (Å²) in [6, 6.07) is 26.8. The second kappa shape index (κ2) is 11.8. The minimum atomic E-state index is -0.352. The van der Waals surface area contributed by atoms with Crippen LogP contribution in [0.25, 0.3) is 12.2 Å². The van der Waals surface area contributed by atoms with Crippen molar-refractivity contribution in [1.82, 2.24) is 5.43 Å². The number of nitrogens with zero attached hydrogens (tertiary/aromatic N) is 1. The molecule has 0 atom stereocenters. The van der Waals surface area contributed by atoms with E-state index >= 15 is 0 Å². The lowest BCUT2D eigenvalue weighted by Crippen LogP contribution is -2.25. The van der Waals surface area contributed by atoms with Crippen LogP contribution in [0.5, 0.6) is 11.5 Å². The molecule has 3 aromatic rings. The van der Waals surface area contributed by atoms with Gasteiger partial charge in [0.25, 0.3) is 5.91 Å². The van der Waals surface area contributed by atoms with Crippen LogP contribution >= 0.6 is 0 Å². The van der Waals surface area contributed by atoms with E-state index in [2.05, 4.69) is 10.5 Å². The number of rotatable bonds is 9. The minimum Gasteiger partial charge on any atom is -0.497 e. The SMILES string of the molecule is COc1ccc(OCC(=O)NN=C(/C=C/c2ccccc2)/C=C/c2ccccc2)cc1. The summed E-state index contributed by atoms with van der Waals surface area (Å²) < 4.78 is 10.6. The largest absolute Gasteiger partial charge is 0.497 e. The van der Waals surface area contributed by atoms with Gasteiger partial charge in [0.05, 0.1) is 12.8 Å². The highest BCUT2D eigenvalue weighted by Crippen LogP contribution is 2.16. The summed E-state index contributed by atoms with van der Waals surface area (Å²) >= 11 is 0. The maximum atomic E-state index is 12.2. The first-order chi connectivity index (χ1) is 15.2. The van der Waals surface area contributed by atoms with E-state index in [1.165, 1.54) is 0 Å². The van der Waals surface area contributed by atoms with E-state index in [0.717, 1.165) is 16.9 Å². The molecule has 0 fully saturated rings. The number of benzene rings is 3. The lowest BCUT2D eigenvalue weighted by molar-refractivity contribution is -0.123. The number of nitrogens with one attached hydrogen (secondary N) is 1. The predicted molar refractivity (Wildman–Crippen MR) is 125 cm³/mol. The average molecular weight is 412 g/mol. The summed E-state index contributed by atoms with van der Waals surface area (Å²) in [4.78, 5) is 12.2. The average Bonchev–Trinajstić information content (AvgIpc) is 2.84. The molecule has 0 saturated carbocycles. The van der Waals surface area contributed by atoms with Crippen LogP contribution in [0.2, 0.25) is 0 Å². The van der Waals surface area contributed by atoms with Crippen molar-refractivity contribution >= 4 is 23.8 Å². The van der Waals surface area contributed by atoms with Crippen molar-refractivity contribution < 1.29 is 14.3 Å². The third-order valence-electron chi connectivity index (χ3n) is 4.23. The molecule has 0 unspecified atom stereocenters. The molecule has 1 amide bonds. The maximum absolute atomic E-state index is 12.2. The summed E-state index contributed by atoms with van der Waals surface area (Å²) in [5.74, 6) is 0.948. The summed E-state index contributed by atoms with van der Waals surface area (Å²) in [6.07, 6.45) is 7.57. The van der Waals surface area contributed by atoms with Crippen LogP contribution in [0.15, 0.2) is 102 Å². The highest BCUT2D eigenvalue weighted by molar-refractivity contribution is 6.08. The Hall–Kier alpha value is -4.12. The normalized spacial score (nSPS) is 10.7. The molecule has 0 heterocycles. The van der Waals surface area contributed by atoms with Gasteiger partial charge in [-0.1, -0.05) is 72.8 Å². The van der Waals surface area contributed by atoms with Crippen molar-refractivity contribution in [3.05, 3.63) is 108 Å². The van der Waals surface area contributed by atoms with Crippen LogP contribution in [0.1, 0.15) is 11.1 Å². The van der Waals surface area contributed by atoms with E-state index in [1.54, 1.807) is 31.4 Å². The molecule has 3 aromatic carbocycles. The van der Waals surface area contributed by atoms with Gasteiger partial charge in [-0.25, -0.2) is 5.43 Å². The summed E-state index contributed by atoms with van der Waals surface area (Å²) in [5.41, 5.74) is 5.23. The van der Waals surface area contributed by atoms with Gasteiger partial charge in [-0.3, -0.25) is 4.79 Å². The lowest BCUT2D eigenvalue weighted by atomic mass is 10.1. The molecule has 0 saturated heterocycles. The fraction of sp³-hybridized carbons (Fsp3) is 0.0769. The van der Waals surface area contributed by atoms with Crippen LogP contribution < -0.4 is 14.9 Å². The molecule has 0 aliphatic rings. The number of methoxy groups -OCH3 is 1. The van der Waals surface area contributed by atoms with E-state index < -0.39 is 0 Å². The lowest BCUT2D eigenvalue weighted by Gasteiger charge is -2.06. The Balaban J connectivity index is 1.64. The highest BCUT2D eigenvalue weighted by atomic mass is 16.5. The van der Waals surface area contributed by atoms with Gasteiger partial charge in [0.15, 0.2) is 6.61 Å². The maximum Gasteiger partial charge on any atom is 0.277 e. The van der Waals surface area contributed by atoms with Gasteiger partial charge in [0, 0.05) is 0 Å². The molecule has 0 radical (unpaired) electrons. The molecular weight excluding hydrogens is 388 g/mol. The molecule has 1 N–H and O–H groups in total. The van der Waals surface area contributed by atoms with Crippen LogP contribution in [-0.2, 0) is 4.79 Å². The Morgan fingerprint density at radius 1 is 0.806 bits per heavy atom. The standard InChI is InChI=1S/C26H24N2O3/c1-30-24-16-18-25(19-17-24)31-20-26(29)28-27-23(14-12-21-8-4-2-5-9-21)15-13-22-10-6-3-7-11-22/h2-19H,20H2,1H3,(H,28,29)/b14-12+,15-13+. The minimum absolute atomic E-state index is 0.145. The summed E-state index contributed by atoms with van der Waals surface area (Å²) in [7, 11) is 1.59. The van der Waals surface area contributed by atoms with Gasteiger partial charge in [0.2, 0.25) is 0 Å². The molecule has 5 heteroatoms. The third kappa shape index (κ3) is 7.66. The Kier molecular flexibility index (Phi) is 8.20. The van der Waals surface area contributed by atoms with Crippen LogP contribution in [0.4, 0.5) is 0 Å². The van der Waals surface area contributed by atoms with Crippen molar-refractivity contribution in [1.29, 1.82) is 0 Å². The fourth-order valence-electron chi connectivity index (χ4n) is 2.60. The van der Waals surface area contributed by atoms with Crippen LogP contribution in [-0.4, -0.2) is 25.3 Å². The summed E-state index contributed by atoms with van der Waals surface area (Å²) in [5, 5.41) is 4.24. The zero-order chi connectivity index (χ0) is 21.7. The van der Waals surface area contributed by atoms with Gasteiger partial charge in [-0.2, -0.15) is 5.10 Å². The molecule has 31 heavy (non-hydrogen) atoms. The highest BCUT2D eigenvalue weighted by Gasteiger charge is 2.02. The van der Waals surface area contributed by atoms with Gasteiger partial charge in [0.1, 0.15) is 11.5 Å². The van der Waals surface area contributed by atoms with Crippen LogP contribution in [0.3, 0.4) is 0 Å². The zero-order valence-electron chi connectivity index (χ0n) is 17.3. The number of hydrogen-bond acceptors (Lipinski definition) is 4. The molecule has 0 aliphatic carbocycles. The summed E-state index contributed by atoms with van der Waals surface area (Å²) in [6.45, 7) is -0.145. The number of allylic oxidation sites excluding steroid dienone is 2. The second-order valence-electron chi connectivity index (χ2n) is 6.52. The first-order valence-electron chi connectivity index (χ1n) is 9.82. The third-order valence-corrected chi connectivity index (χ3v) is 4.23. The van der Waals surface area contributed by atoms with E-state index in [4.69, 9.17) is 9.47 Å². The van der Waals surface area contributed by atoms with E-state index in [9.17, 15) is 4.79 Å². The van der Waals surface area contributed by atoms with Crippen molar-refractivity contribution in [2.45, 2.75) is 0 Å². The molecule has 0 aliphatic heterocycles. The van der Waals surface area contributed by atoms with Gasteiger partial charge in [-0.05, 0) is 47.5 Å². The smallest absolute Gasteiger partial charge is 0.277 e. The van der Waals surface area contributed by atoms with Gasteiger partial charge >= 0.3 is 0 Å². The molecule has 156 valence electrons. The Morgan fingerprint density at radius 2 is 1.32 bits per heavy atom. The topological polar surface area (TPSA) is 59.9 Å². The van der Waals surface area contributed by atoms with Crippen molar-refractivity contribution in [2.24, 2.45) is 5.10 Å².